The van der Waals surface area contributed by atoms with Crippen LogP contribution < -0.4 is 4.74 Å². The highest BCUT2D eigenvalue weighted by Gasteiger charge is 2.18. The predicted octanol–water partition coefficient (Wildman–Crippen LogP) is 11.0. The van der Waals surface area contributed by atoms with Crippen LogP contribution in [-0.4, -0.2) is 5.97 Å². The lowest BCUT2D eigenvalue weighted by Gasteiger charge is -2.22. The molecule has 0 amide bonds. The van der Waals surface area contributed by atoms with Crippen molar-refractivity contribution in [3.8, 4) is 16.9 Å². The fraction of sp³-hybridized carbons (Fsp3) is 0.395. The molecule has 40 heavy (non-hydrogen) atoms. The van der Waals surface area contributed by atoms with Gasteiger partial charge in [-0.1, -0.05) is 112 Å². The number of ether oxygens (including phenoxy) is 1. The van der Waals surface area contributed by atoms with Gasteiger partial charge in [0.15, 0.2) is 0 Å². The summed E-state index contributed by atoms with van der Waals surface area (Å²) in [4.78, 5) is 13.3. The van der Waals surface area contributed by atoms with Crippen molar-refractivity contribution in [2.75, 3.05) is 0 Å². The predicted molar refractivity (Wildman–Crippen MR) is 170 cm³/mol. The van der Waals surface area contributed by atoms with E-state index >= 15 is 0 Å². The van der Waals surface area contributed by atoms with Crippen molar-refractivity contribution in [1.29, 1.82) is 0 Å². The minimum absolute atomic E-state index is 0.305. The normalized spacial score (nSPS) is 14.9. The minimum Gasteiger partial charge on any atom is -0.422 e. The van der Waals surface area contributed by atoms with Gasteiger partial charge in [0.05, 0.1) is 5.56 Å². The van der Waals surface area contributed by atoms with Gasteiger partial charge in [-0.15, -0.1) is 6.58 Å². The Morgan fingerprint density at radius 3 is 2.35 bits per heavy atom. The standard InChI is InChI=1S/C38H46O2/c1-3-5-6-7-8-9-10-12-16-31-21-25-34(26-22-31)38(39)40-37-29-35(32-23-19-30(15-4-2)20-24-32)27-28-36(37)33-17-13-11-14-18-33/h3,11,13-14,17-18,21-23,25-30H,1,4-10,12,15-16,19-20,24H2,2H3. The molecule has 1 aliphatic rings. The first-order chi connectivity index (χ1) is 19.7. The van der Waals surface area contributed by atoms with Crippen LogP contribution in [0.2, 0.25) is 0 Å². The highest BCUT2D eigenvalue weighted by atomic mass is 16.5. The van der Waals surface area contributed by atoms with Gasteiger partial charge in [0.2, 0.25) is 0 Å². The number of aryl methyl sites for hydroxylation is 1. The molecular formula is C38H46O2. The lowest BCUT2D eigenvalue weighted by molar-refractivity contribution is 0.0735. The van der Waals surface area contributed by atoms with E-state index in [1.165, 1.54) is 68.9 Å². The highest BCUT2D eigenvalue weighted by molar-refractivity contribution is 5.92. The Hall–Kier alpha value is -3.39. The number of esters is 1. The molecule has 2 heteroatoms. The summed E-state index contributed by atoms with van der Waals surface area (Å²) in [5.74, 6) is 1.12. The van der Waals surface area contributed by atoms with Gasteiger partial charge in [-0.25, -0.2) is 4.79 Å². The number of carbonyl (C=O) groups excluding carboxylic acids is 1. The molecule has 1 aliphatic carbocycles. The van der Waals surface area contributed by atoms with E-state index in [1.807, 2.05) is 36.4 Å². The van der Waals surface area contributed by atoms with E-state index in [-0.39, 0.29) is 5.97 Å². The minimum atomic E-state index is -0.305. The maximum atomic E-state index is 13.3. The van der Waals surface area contributed by atoms with Crippen molar-refractivity contribution in [3.63, 3.8) is 0 Å². The number of benzene rings is 3. The Bertz CT molecular complexity index is 1240. The van der Waals surface area contributed by atoms with Crippen molar-refractivity contribution >= 4 is 11.5 Å². The van der Waals surface area contributed by atoms with Crippen LogP contribution >= 0.6 is 0 Å². The van der Waals surface area contributed by atoms with Crippen LogP contribution in [-0.2, 0) is 6.42 Å². The lowest BCUT2D eigenvalue weighted by Crippen LogP contribution is -2.10. The van der Waals surface area contributed by atoms with Crippen molar-refractivity contribution in [2.45, 2.75) is 90.4 Å². The van der Waals surface area contributed by atoms with E-state index in [1.54, 1.807) is 0 Å². The second-order valence-corrected chi connectivity index (χ2v) is 11.3. The molecule has 1 unspecified atom stereocenters. The van der Waals surface area contributed by atoms with E-state index in [0.717, 1.165) is 48.3 Å². The fourth-order valence-corrected chi connectivity index (χ4v) is 5.78. The smallest absolute Gasteiger partial charge is 0.343 e. The van der Waals surface area contributed by atoms with Gasteiger partial charge >= 0.3 is 5.97 Å². The molecule has 4 rings (SSSR count). The third kappa shape index (κ3) is 8.81. The van der Waals surface area contributed by atoms with Crippen molar-refractivity contribution in [2.24, 2.45) is 5.92 Å². The summed E-state index contributed by atoms with van der Waals surface area (Å²) in [6, 6.07) is 24.5. The van der Waals surface area contributed by atoms with Gasteiger partial charge in [-0.3, -0.25) is 0 Å². The topological polar surface area (TPSA) is 26.3 Å². The molecule has 3 aromatic carbocycles. The molecule has 0 N–H and O–H groups in total. The zero-order chi connectivity index (χ0) is 28.0. The highest BCUT2D eigenvalue weighted by Crippen LogP contribution is 2.37. The first-order valence-corrected chi connectivity index (χ1v) is 15.5. The summed E-state index contributed by atoms with van der Waals surface area (Å²) < 4.78 is 6.10. The summed E-state index contributed by atoms with van der Waals surface area (Å²) in [6.45, 7) is 6.06. The van der Waals surface area contributed by atoms with Crippen LogP contribution in [0.3, 0.4) is 0 Å². The van der Waals surface area contributed by atoms with Gasteiger partial charge in [0.25, 0.3) is 0 Å². The Balaban J connectivity index is 1.40. The molecular weight excluding hydrogens is 488 g/mol. The molecule has 3 aromatic rings. The number of allylic oxidation sites excluding steroid dienone is 3. The largest absolute Gasteiger partial charge is 0.422 e. The number of hydrogen-bond donors (Lipinski definition) is 0. The third-order valence-corrected chi connectivity index (χ3v) is 8.17. The van der Waals surface area contributed by atoms with Crippen molar-refractivity contribution in [3.05, 3.63) is 108 Å². The Kier molecular flexibility index (Phi) is 11.8. The molecule has 1 atom stereocenters. The van der Waals surface area contributed by atoms with Crippen LogP contribution in [0, 0.1) is 5.92 Å². The molecule has 210 valence electrons. The fourth-order valence-electron chi connectivity index (χ4n) is 5.78. The van der Waals surface area contributed by atoms with Crippen molar-refractivity contribution < 1.29 is 9.53 Å². The van der Waals surface area contributed by atoms with Gasteiger partial charge in [-0.05, 0) is 91.3 Å². The summed E-state index contributed by atoms with van der Waals surface area (Å²) in [5.41, 5.74) is 6.39. The maximum Gasteiger partial charge on any atom is 0.343 e. The van der Waals surface area contributed by atoms with E-state index in [0.29, 0.717) is 11.3 Å². The van der Waals surface area contributed by atoms with Crippen LogP contribution in [0.1, 0.15) is 105 Å². The number of hydrogen-bond acceptors (Lipinski definition) is 2. The summed E-state index contributed by atoms with van der Waals surface area (Å²) in [7, 11) is 0. The van der Waals surface area contributed by atoms with Crippen LogP contribution in [0.25, 0.3) is 16.7 Å². The quantitative estimate of drug-likeness (QED) is 0.0839. The molecule has 2 nitrogen and oxygen atoms in total. The molecule has 0 saturated carbocycles. The van der Waals surface area contributed by atoms with Gasteiger partial charge in [0, 0.05) is 5.56 Å². The SMILES string of the molecule is C=CCCCCCCCCc1ccc(C(=O)Oc2cc(C3=CCC(CCC)CC3)ccc2-c2ccccc2)cc1. The zero-order valence-electron chi connectivity index (χ0n) is 24.4. The van der Waals surface area contributed by atoms with E-state index < -0.39 is 0 Å². The van der Waals surface area contributed by atoms with Crippen LogP contribution in [0.5, 0.6) is 5.75 Å². The maximum absolute atomic E-state index is 13.3. The molecule has 0 aliphatic heterocycles. The average Bonchev–Trinajstić information content (AvgIpc) is 3.00. The third-order valence-electron chi connectivity index (χ3n) is 8.17. The summed E-state index contributed by atoms with van der Waals surface area (Å²) in [5, 5.41) is 0. The molecule has 0 heterocycles. The van der Waals surface area contributed by atoms with Crippen LogP contribution in [0.4, 0.5) is 0 Å². The molecule has 0 radical (unpaired) electrons. The second-order valence-electron chi connectivity index (χ2n) is 11.3. The zero-order valence-corrected chi connectivity index (χ0v) is 24.4. The summed E-state index contributed by atoms with van der Waals surface area (Å²) in [6.07, 6.45) is 20.2. The number of unbranched alkanes of at least 4 members (excludes halogenated alkanes) is 6. The molecule has 0 saturated heterocycles. The van der Waals surface area contributed by atoms with Crippen LogP contribution in [0.15, 0.2) is 91.5 Å². The second kappa shape index (κ2) is 16.0. The Morgan fingerprint density at radius 1 is 0.900 bits per heavy atom. The van der Waals surface area contributed by atoms with Crippen molar-refractivity contribution in [1.82, 2.24) is 0 Å². The lowest BCUT2D eigenvalue weighted by atomic mass is 9.84. The van der Waals surface area contributed by atoms with Gasteiger partial charge in [0.1, 0.15) is 5.75 Å². The molecule has 0 aromatic heterocycles. The van der Waals surface area contributed by atoms with Gasteiger partial charge < -0.3 is 4.74 Å². The monoisotopic (exact) mass is 534 g/mol. The van der Waals surface area contributed by atoms with E-state index in [9.17, 15) is 4.79 Å². The van der Waals surface area contributed by atoms with E-state index in [4.69, 9.17) is 4.74 Å². The first kappa shape index (κ1) is 29.6. The molecule has 0 spiro atoms. The summed E-state index contributed by atoms with van der Waals surface area (Å²) >= 11 is 0. The molecule has 0 fully saturated rings. The average molecular weight is 535 g/mol. The Labute approximate surface area is 242 Å². The van der Waals surface area contributed by atoms with Gasteiger partial charge in [-0.2, -0.15) is 0 Å². The first-order valence-electron chi connectivity index (χ1n) is 15.5. The molecule has 0 bridgehead atoms. The number of rotatable bonds is 15. The Morgan fingerprint density at radius 2 is 1.65 bits per heavy atom. The number of carbonyl (C=O) groups is 1. The van der Waals surface area contributed by atoms with E-state index in [2.05, 4.69) is 62.0 Å².